The molecule has 1 N–H and O–H groups in total. The Morgan fingerprint density at radius 3 is 2.74 bits per heavy atom. The van der Waals surface area contributed by atoms with Crippen molar-refractivity contribution in [2.24, 2.45) is 0 Å². The highest BCUT2D eigenvalue weighted by Gasteiger charge is 2.05. The first kappa shape index (κ1) is 16.0. The summed E-state index contributed by atoms with van der Waals surface area (Å²) in [6, 6.07) is 5.48. The fourth-order valence-electron chi connectivity index (χ4n) is 2.03. The van der Waals surface area contributed by atoms with Gasteiger partial charge in [0.15, 0.2) is 0 Å². The van der Waals surface area contributed by atoms with Crippen molar-refractivity contribution in [2.45, 2.75) is 52.5 Å². The Bertz CT molecular complexity index is 368. The van der Waals surface area contributed by atoms with Gasteiger partial charge in [-0.15, -0.1) is 0 Å². The van der Waals surface area contributed by atoms with Crippen LogP contribution in [-0.2, 0) is 0 Å². The van der Waals surface area contributed by atoms with Crippen LogP contribution < -0.4 is 10.1 Å². The van der Waals surface area contributed by atoms with Gasteiger partial charge in [-0.05, 0) is 62.9 Å². The maximum absolute atomic E-state index is 13.1. The molecule has 0 heterocycles. The monoisotopic (exact) mass is 267 g/mol. The maximum atomic E-state index is 13.1. The van der Waals surface area contributed by atoms with Gasteiger partial charge in [-0.3, -0.25) is 0 Å². The highest BCUT2D eigenvalue weighted by atomic mass is 19.1. The van der Waals surface area contributed by atoms with Gasteiger partial charge in [0.2, 0.25) is 0 Å². The summed E-state index contributed by atoms with van der Waals surface area (Å²) >= 11 is 0. The molecule has 0 spiro atoms. The number of halogens is 1. The zero-order valence-electron chi connectivity index (χ0n) is 12.3. The van der Waals surface area contributed by atoms with Crippen molar-refractivity contribution in [1.29, 1.82) is 0 Å². The number of benzene rings is 1. The van der Waals surface area contributed by atoms with Crippen LogP contribution in [0.4, 0.5) is 4.39 Å². The number of aryl methyl sites for hydroxylation is 1. The van der Waals surface area contributed by atoms with Crippen LogP contribution >= 0.6 is 0 Å². The second-order valence-corrected chi connectivity index (χ2v) is 4.96. The lowest BCUT2D eigenvalue weighted by Gasteiger charge is -2.16. The van der Waals surface area contributed by atoms with E-state index < -0.39 is 0 Å². The Morgan fingerprint density at radius 2 is 2.11 bits per heavy atom. The minimum atomic E-state index is -0.179. The van der Waals surface area contributed by atoms with E-state index in [1.165, 1.54) is 12.5 Å². The summed E-state index contributed by atoms with van der Waals surface area (Å²) in [5.74, 6) is 0.579. The van der Waals surface area contributed by atoms with E-state index in [0.717, 1.165) is 31.6 Å². The van der Waals surface area contributed by atoms with Gasteiger partial charge in [0.25, 0.3) is 0 Å². The van der Waals surface area contributed by atoms with Crippen molar-refractivity contribution >= 4 is 0 Å². The van der Waals surface area contributed by atoms with E-state index in [0.29, 0.717) is 18.2 Å². The highest BCUT2D eigenvalue weighted by Crippen LogP contribution is 2.16. The SMILES string of the molecule is CCCNC(CC)CCCOc1ccc(F)c(C)c1. The van der Waals surface area contributed by atoms with Gasteiger partial charge in [-0.2, -0.15) is 0 Å². The Balaban J connectivity index is 2.24. The molecule has 1 unspecified atom stereocenters. The molecule has 0 aliphatic rings. The topological polar surface area (TPSA) is 21.3 Å². The average molecular weight is 267 g/mol. The van der Waals surface area contributed by atoms with E-state index >= 15 is 0 Å². The van der Waals surface area contributed by atoms with Crippen LogP contribution in [0.2, 0.25) is 0 Å². The lowest BCUT2D eigenvalue weighted by molar-refractivity contribution is 0.293. The van der Waals surface area contributed by atoms with E-state index in [-0.39, 0.29) is 5.82 Å². The third kappa shape index (κ3) is 6.06. The van der Waals surface area contributed by atoms with Crippen molar-refractivity contribution in [3.63, 3.8) is 0 Å². The third-order valence-electron chi connectivity index (χ3n) is 3.27. The van der Waals surface area contributed by atoms with Crippen LogP contribution in [0.25, 0.3) is 0 Å². The van der Waals surface area contributed by atoms with Gasteiger partial charge < -0.3 is 10.1 Å². The van der Waals surface area contributed by atoms with Gasteiger partial charge in [0, 0.05) is 6.04 Å². The molecule has 2 nitrogen and oxygen atoms in total. The average Bonchev–Trinajstić information content (AvgIpc) is 2.42. The molecule has 1 aromatic rings. The van der Waals surface area contributed by atoms with Crippen LogP contribution in [-0.4, -0.2) is 19.2 Å². The summed E-state index contributed by atoms with van der Waals surface area (Å²) in [5, 5.41) is 3.53. The maximum Gasteiger partial charge on any atom is 0.126 e. The minimum Gasteiger partial charge on any atom is -0.494 e. The van der Waals surface area contributed by atoms with Crippen molar-refractivity contribution < 1.29 is 9.13 Å². The van der Waals surface area contributed by atoms with E-state index in [1.807, 2.05) is 0 Å². The zero-order chi connectivity index (χ0) is 14.1. The smallest absolute Gasteiger partial charge is 0.126 e. The summed E-state index contributed by atoms with van der Waals surface area (Å²) in [5.41, 5.74) is 0.633. The van der Waals surface area contributed by atoms with E-state index in [4.69, 9.17) is 4.74 Å². The molecule has 19 heavy (non-hydrogen) atoms. The van der Waals surface area contributed by atoms with Crippen LogP contribution in [0, 0.1) is 12.7 Å². The van der Waals surface area contributed by atoms with E-state index in [2.05, 4.69) is 19.2 Å². The fourth-order valence-corrected chi connectivity index (χ4v) is 2.03. The molecule has 108 valence electrons. The predicted octanol–water partition coefficient (Wildman–Crippen LogP) is 4.07. The first-order valence-corrected chi connectivity index (χ1v) is 7.29. The minimum absolute atomic E-state index is 0.179. The molecular formula is C16H26FNO. The molecule has 1 rings (SSSR count). The molecule has 0 saturated heterocycles. The largest absolute Gasteiger partial charge is 0.494 e. The third-order valence-corrected chi connectivity index (χ3v) is 3.27. The summed E-state index contributed by atoms with van der Waals surface area (Å²) in [4.78, 5) is 0. The molecule has 0 aliphatic carbocycles. The Kier molecular flexibility index (Phi) is 7.49. The normalized spacial score (nSPS) is 12.4. The molecule has 1 aromatic carbocycles. The lowest BCUT2D eigenvalue weighted by Crippen LogP contribution is -2.29. The van der Waals surface area contributed by atoms with Crippen molar-refractivity contribution in [1.82, 2.24) is 5.32 Å². The van der Waals surface area contributed by atoms with Gasteiger partial charge in [0.05, 0.1) is 6.61 Å². The van der Waals surface area contributed by atoms with Crippen LogP contribution in [0.3, 0.4) is 0 Å². The second kappa shape index (κ2) is 8.92. The quantitative estimate of drug-likeness (QED) is 0.681. The summed E-state index contributed by atoms with van der Waals surface area (Å²) in [6.07, 6.45) is 4.46. The molecule has 3 heteroatoms. The summed E-state index contributed by atoms with van der Waals surface area (Å²) < 4.78 is 18.7. The lowest BCUT2D eigenvalue weighted by atomic mass is 10.1. The first-order chi connectivity index (χ1) is 9.17. The molecule has 0 bridgehead atoms. The zero-order valence-corrected chi connectivity index (χ0v) is 12.3. The molecule has 0 aliphatic heterocycles. The fraction of sp³-hybridized carbons (Fsp3) is 0.625. The van der Waals surface area contributed by atoms with Crippen molar-refractivity contribution in [3.8, 4) is 5.75 Å². The molecule has 0 amide bonds. The highest BCUT2D eigenvalue weighted by molar-refractivity contribution is 5.28. The van der Waals surface area contributed by atoms with Gasteiger partial charge in [-0.1, -0.05) is 13.8 Å². The number of ether oxygens (including phenoxy) is 1. The van der Waals surface area contributed by atoms with Crippen molar-refractivity contribution in [2.75, 3.05) is 13.2 Å². The number of rotatable bonds is 9. The van der Waals surface area contributed by atoms with E-state index in [1.54, 1.807) is 19.1 Å². The summed E-state index contributed by atoms with van der Waals surface area (Å²) in [7, 11) is 0. The van der Waals surface area contributed by atoms with E-state index in [9.17, 15) is 4.39 Å². The van der Waals surface area contributed by atoms with Gasteiger partial charge in [-0.25, -0.2) is 4.39 Å². The number of hydrogen-bond donors (Lipinski definition) is 1. The van der Waals surface area contributed by atoms with Crippen molar-refractivity contribution in [3.05, 3.63) is 29.6 Å². The van der Waals surface area contributed by atoms with Gasteiger partial charge >= 0.3 is 0 Å². The molecule has 0 saturated carbocycles. The van der Waals surface area contributed by atoms with Crippen LogP contribution in [0.15, 0.2) is 18.2 Å². The van der Waals surface area contributed by atoms with Gasteiger partial charge in [0.1, 0.15) is 11.6 Å². The Hall–Kier alpha value is -1.09. The number of nitrogens with one attached hydrogen (secondary N) is 1. The first-order valence-electron chi connectivity index (χ1n) is 7.29. The second-order valence-electron chi connectivity index (χ2n) is 4.96. The predicted molar refractivity (Wildman–Crippen MR) is 78.2 cm³/mol. The summed E-state index contributed by atoms with van der Waals surface area (Å²) in [6.45, 7) is 7.91. The van der Waals surface area contributed by atoms with Crippen LogP contribution in [0.1, 0.15) is 45.1 Å². The standard InChI is InChI=1S/C16H26FNO/c1-4-10-18-14(5-2)7-6-11-19-15-8-9-16(17)13(3)12-15/h8-9,12,14,18H,4-7,10-11H2,1-3H3. The molecule has 1 atom stereocenters. The molecule has 0 fully saturated rings. The number of hydrogen-bond acceptors (Lipinski definition) is 2. The Morgan fingerprint density at radius 1 is 1.32 bits per heavy atom. The molecular weight excluding hydrogens is 241 g/mol. The van der Waals surface area contributed by atoms with Crippen LogP contribution in [0.5, 0.6) is 5.75 Å². The molecule has 0 aromatic heterocycles. The molecule has 0 radical (unpaired) electrons. The Labute approximate surface area is 116 Å².